The van der Waals surface area contributed by atoms with Crippen molar-refractivity contribution in [3.8, 4) is 0 Å². The molecule has 1 N–H and O–H groups in total. The summed E-state index contributed by atoms with van der Waals surface area (Å²) in [6.45, 7) is 8.87. The van der Waals surface area contributed by atoms with Crippen molar-refractivity contribution in [2.45, 2.75) is 105 Å². The van der Waals surface area contributed by atoms with Crippen LogP contribution in [0.2, 0.25) is 5.02 Å². The second-order valence-corrected chi connectivity index (χ2v) is 10.9. The third-order valence-electron chi connectivity index (χ3n) is 7.86. The van der Waals surface area contributed by atoms with Gasteiger partial charge in [-0.05, 0) is 93.6 Å². The lowest BCUT2D eigenvalue weighted by Crippen LogP contribution is -2.43. The fourth-order valence-corrected chi connectivity index (χ4v) is 6.14. The zero-order valence-electron chi connectivity index (χ0n) is 20.6. The number of rotatable bonds is 13. The van der Waals surface area contributed by atoms with Crippen LogP contribution in [-0.2, 0) is 6.42 Å². The zero-order valence-corrected chi connectivity index (χ0v) is 21.3. The summed E-state index contributed by atoms with van der Waals surface area (Å²) >= 11 is 6.45. The quantitative estimate of drug-likeness (QED) is 0.313. The Balaban J connectivity index is 0.00000385. The fourth-order valence-electron chi connectivity index (χ4n) is 5.94. The molecule has 2 bridgehead atoms. The first-order valence-electron chi connectivity index (χ1n) is 13.3. The van der Waals surface area contributed by atoms with Crippen LogP contribution in [0.3, 0.4) is 0 Å². The van der Waals surface area contributed by atoms with Gasteiger partial charge in [0.1, 0.15) is 0 Å². The Morgan fingerprint density at radius 3 is 2.33 bits per heavy atom. The van der Waals surface area contributed by atoms with Crippen LogP contribution >= 0.6 is 11.6 Å². The Morgan fingerprint density at radius 2 is 1.70 bits per heavy atom. The monoisotopic (exact) mass is 476 g/mol. The predicted molar refractivity (Wildman–Crippen MR) is 143 cm³/mol. The number of hydrogen-bond donors (Lipinski definition) is 1. The molecule has 2 aliphatic carbocycles. The molecule has 4 heteroatoms. The molecule has 3 rings (SSSR count). The molecule has 0 saturated heterocycles. The van der Waals surface area contributed by atoms with Gasteiger partial charge >= 0.3 is 0 Å². The summed E-state index contributed by atoms with van der Waals surface area (Å²) in [5.74, 6) is 0.891. The fraction of sp³-hybridized carbons (Fsp3) is 0.759. The van der Waals surface area contributed by atoms with Gasteiger partial charge in [0.05, 0.1) is 10.6 Å². The van der Waals surface area contributed by atoms with Gasteiger partial charge in [-0.1, -0.05) is 77.5 Å². The molecule has 2 saturated carbocycles. The third kappa shape index (κ3) is 8.58. The van der Waals surface area contributed by atoms with Crippen LogP contribution in [0.5, 0.6) is 0 Å². The molecular weight excluding hydrogens is 428 g/mol. The van der Waals surface area contributed by atoms with E-state index in [4.69, 9.17) is 11.6 Å². The van der Waals surface area contributed by atoms with E-state index in [-0.39, 0.29) is 13.3 Å². The van der Waals surface area contributed by atoms with Gasteiger partial charge in [0.15, 0.2) is 0 Å². The summed E-state index contributed by atoms with van der Waals surface area (Å²) < 4.78 is 0. The molecule has 0 unspecified atom stereocenters. The average molecular weight is 477 g/mol. The molecule has 188 valence electrons. The number of carbonyl (C=O) groups is 1. The van der Waals surface area contributed by atoms with E-state index >= 15 is 0 Å². The molecular formula is C29H49ClN2O. The lowest BCUT2D eigenvalue weighted by molar-refractivity contribution is 0.0681. The summed E-state index contributed by atoms with van der Waals surface area (Å²) in [6.07, 6.45) is 16.4. The lowest BCUT2D eigenvalue weighted by atomic mass is 9.62. The van der Waals surface area contributed by atoms with E-state index in [2.05, 4.69) is 30.1 Å². The molecule has 1 amide bonds. The molecule has 0 aromatic heterocycles. The minimum atomic E-state index is 0. The second-order valence-electron chi connectivity index (χ2n) is 10.5. The van der Waals surface area contributed by atoms with Gasteiger partial charge in [0.25, 0.3) is 5.91 Å². The number of halogens is 1. The molecule has 0 spiro atoms. The van der Waals surface area contributed by atoms with E-state index in [1.807, 2.05) is 12.1 Å². The maximum Gasteiger partial charge on any atom is 0.252 e. The average Bonchev–Trinajstić information content (AvgIpc) is 2.80. The molecule has 0 aliphatic heterocycles. The summed E-state index contributed by atoms with van der Waals surface area (Å²) in [5, 5.41) is 3.84. The normalized spacial score (nSPS) is 22.1. The number of amides is 1. The van der Waals surface area contributed by atoms with Crippen molar-refractivity contribution in [3.05, 3.63) is 34.3 Å². The Labute approximate surface area is 209 Å². The van der Waals surface area contributed by atoms with Crippen molar-refractivity contribution in [1.82, 2.24) is 10.2 Å². The highest BCUT2D eigenvalue weighted by molar-refractivity contribution is 6.33. The largest absolute Gasteiger partial charge is 0.351 e. The summed E-state index contributed by atoms with van der Waals surface area (Å²) in [6, 6.07) is 6.03. The first-order valence-corrected chi connectivity index (χ1v) is 13.7. The molecule has 1 aromatic carbocycles. The minimum Gasteiger partial charge on any atom is -0.351 e. The smallest absolute Gasteiger partial charge is 0.252 e. The Morgan fingerprint density at radius 1 is 1.06 bits per heavy atom. The maximum absolute atomic E-state index is 13.0. The van der Waals surface area contributed by atoms with Gasteiger partial charge in [-0.2, -0.15) is 0 Å². The number of benzene rings is 1. The number of fused-ring (bicyclic) bond motifs is 2. The van der Waals surface area contributed by atoms with Gasteiger partial charge in [-0.25, -0.2) is 0 Å². The SMILES string of the molecule is C.CCCCN(CCCC)CCCc1ccc(Cl)c(C(=O)NCC23CCCC(CCC2)C3)c1. The minimum absolute atomic E-state index is 0. The first-order chi connectivity index (χ1) is 15.5. The van der Waals surface area contributed by atoms with Crippen LogP contribution < -0.4 is 5.32 Å². The van der Waals surface area contributed by atoms with E-state index in [0.717, 1.165) is 31.8 Å². The van der Waals surface area contributed by atoms with Crippen molar-refractivity contribution in [1.29, 1.82) is 0 Å². The molecule has 2 aliphatic rings. The maximum atomic E-state index is 13.0. The molecule has 0 atom stereocenters. The predicted octanol–water partition coefficient (Wildman–Crippen LogP) is 7.90. The molecule has 3 nitrogen and oxygen atoms in total. The molecule has 1 aromatic rings. The van der Waals surface area contributed by atoms with E-state index in [0.29, 0.717) is 16.0 Å². The van der Waals surface area contributed by atoms with Crippen molar-refractivity contribution >= 4 is 17.5 Å². The highest BCUT2D eigenvalue weighted by Gasteiger charge is 2.39. The van der Waals surface area contributed by atoms with Crippen LogP contribution in [0.1, 0.15) is 114 Å². The number of unbranched alkanes of at least 4 members (excludes halogenated alkanes) is 2. The Hall–Kier alpha value is -1.06. The molecule has 33 heavy (non-hydrogen) atoms. The Bertz CT molecular complexity index is 702. The van der Waals surface area contributed by atoms with Gasteiger partial charge in [0.2, 0.25) is 0 Å². The third-order valence-corrected chi connectivity index (χ3v) is 8.19. The molecule has 2 fully saturated rings. The highest BCUT2D eigenvalue weighted by Crippen LogP contribution is 2.48. The van der Waals surface area contributed by atoms with E-state index in [1.54, 1.807) is 0 Å². The van der Waals surface area contributed by atoms with Crippen molar-refractivity contribution in [2.75, 3.05) is 26.2 Å². The van der Waals surface area contributed by atoms with Crippen LogP contribution in [0.4, 0.5) is 0 Å². The number of carbonyl (C=O) groups excluding carboxylic acids is 1. The number of hydrogen-bond acceptors (Lipinski definition) is 2. The number of aryl methyl sites for hydroxylation is 1. The Kier molecular flexibility index (Phi) is 12.3. The van der Waals surface area contributed by atoms with E-state index in [1.165, 1.54) is 89.3 Å². The summed E-state index contributed by atoms with van der Waals surface area (Å²) in [5.41, 5.74) is 2.21. The van der Waals surface area contributed by atoms with Crippen molar-refractivity contribution in [3.63, 3.8) is 0 Å². The topological polar surface area (TPSA) is 32.3 Å². The molecule has 0 radical (unpaired) electrons. The van der Waals surface area contributed by atoms with Crippen LogP contribution in [0.15, 0.2) is 18.2 Å². The van der Waals surface area contributed by atoms with Gasteiger partial charge in [0, 0.05) is 6.54 Å². The first kappa shape index (κ1) is 28.2. The lowest BCUT2D eigenvalue weighted by Gasteiger charge is -2.45. The van der Waals surface area contributed by atoms with Crippen LogP contribution in [0, 0.1) is 11.3 Å². The van der Waals surface area contributed by atoms with Crippen molar-refractivity contribution < 1.29 is 4.79 Å². The van der Waals surface area contributed by atoms with Gasteiger partial charge in [-0.3, -0.25) is 4.79 Å². The standard InChI is InChI=1S/C28H45ClN2O.CH4/c1-3-5-17-31(18-6-4-2)19-9-12-23-13-14-26(29)25(20-23)27(32)30-22-28-15-7-10-24(21-28)11-8-16-28;/h13-14,20,24H,3-12,15-19,21-22H2,1-2H3,(H,30,32);1H4. The van der Waals surface area contributed by atoms with Gasteiger partial charge in [-0.15, -0.1) is 0 Å². The second kappa shape index (κ2) is 14.4. The van der Waals surface area contributed by atoms with Crippen molar-refractivity contribution in [2.24, 2.45) is 11.3 Å². The van der Waals surface area contributed by atoms with Gasteiger partial charge < -0.3 is 10.2 Å². The number of nitrogens with zero attached hydrogens (tertiary/aromatic N) is 1. The number of nitrogens with one attached hydrogen (secondary N) is 1. The van der Waals surface area contributed by atoms with Crippen LogP contribution in [-0.4, -0.2) is 37.0 Å². The molecule has 0 heterocycles. The summed E-state index contributed by atoms with van der Waals surface area (Å²) in [7, 11) is 0. The van der Waals surface area contributed by atoms with E-state index in [9.17, 15) is 4.79 Å². The zero-order chi connectivity index (χ0) is 22.8. The van der Waals surface area contributed by atoms with Crippen LogP contribution in [0.25, 0.3) is 0 Å². The van der Waals surface area contributed by atoms with E-state index < -0.39 is 0 Å². The highest BCUT2D eigenvalue weighted by atomic mass is 35.5. The summed E-state index contributed by atoms with van der Waals surface area (Å²) in [4.78, 5) is 15.6.